The zero-order chi connectivity index (χ0) is 24.2. The highest BCUT2D eigenvalue weighted by Crippen LogP contribution is 2.34. The Morgan fingerprint density at radius 1 is 1.06 bits per heavy atom. The molecule has 1 saturated heterocycles. The molecule has 186 valence electrons. The number of carbonyl (C=O) groups is 1. The van der Waals surface area contributed by atoms with Gasteiger partial charge < -0.3 is 16.0 Å². The third-order valence-electron chi connectivity index (χ3n) is 7.96. The minimum Gasteiger partial charge on any atom is -0.353 e. The van der Waals surface area contributed by atoms with E-state index in [-0.39, 0.29) is 6.04 Å². The number of primary amides is 1. The van der Waals surface area contributed by atoms with Crippen LogP contribution in [0.1, 0.15) is 39.0 Å². The largest absolute Gasteiger partial charge is 0.353 e. The lowest BCUT2D eigenvalue weighted by molar-refractivity contribution is 0.188. The molecule has 1 saturated carbocycles. The van der Waals surface area contributed by atoms with Gasteiger partial charge >= 0.3 is 6.03 Å². The average molecular weight is 492 g/mol. The van der Waals surface area contributed by atoms with Crippen molar-refractivity contribution in [2.24, 2.45) is 17.6 Å². The van der Waals surface area contributed by atoms with Gasteiger partial charge in [0.05, 0.1) is 4.70 Å². The Labute approximate surface area is 212 Å². The van der Waals surface area contributed by atoms with Crippen LogP contribution in [0.3, 0.4) is 0 Å². The summed E-state index contributed by atoms with van der Waals surface area (Å²) in [6, 6.07) is 16.8. The molecule has 7 heteroatoms. The van der Waals surface area contributed by atoms with E-state index in [0.29, 0.717) is 5.92 Å². The van der Waals surface area contributed by atoms with Crippen molar-refractivity contribution >= 4 is 33.5 Å². The summed E-state index contributed by atoms with van der Waals surface area (Å²) in [6.07, 6.45) is 6.26. The van der Waals surface area contributed by atoms with Crippen molar-refractivity contribution in [1.82, 2.24) is 14.6 Å². The number of aromatic nitrogens is 1. The van der Waals surface area contributed by atoms with Gasteiger partial charge in [-0.15, -0.1) is 0 Å². The minimum absolute atomic E-state index is 0.198. The molecule has 2 fully saturated rings. The number of carbonyl (C=O) groups excluding carboxylic acids is 1. The summed E-state index contributed by atoms with van der Waals surface area (Å²) in [6.45, 7) is 7.67. The van der Waals surface area contributed by atoms with E-state index in [9.17, 15) is 4.79 Å². The Hall–Kier alpha value is -2.64. The molecule has 1 aromatic heterocycles. The van der Waals surface area contributed by atoms with Crippen LogP contribution in [0.25, 0.3) is 21.2 Å². The van der Waals surface area contributed by atoms with Crippen LogP contribution in [0.4, 0.5) is 10.6 Å². The lowest BCUT2D eigenvalue weighted by Crippen LogP contribution is -2.47. The minimum atomic E-state index is -0.399. The first-order valence-corrected chi connectivity index (χ1v) is 13.8. The number of nitrogens with two attached hydrogens (primary N) is 1. The molecule has 0 radical (unpaired) electrons. The molecule has 0 spiro atoms. The maximum atomic E-state index is 11.1. The molecule has 6 rings (SSSR count). The Morgan fingerprint density at radius 3 is 2.40 bits per heavy atom. The second kappa shape index (κ2) is 11.0. The predicted molar refractivity (Wildman–Crippen MR) is 146 cm³/mol. The van der Waals surface area contributed by atoms with E-state index in [2.05, 4.69) is 70.6 Å². The summed E-state index contributed by atoms with van der Waals surface area (Å²) in [5.74, 6) is 2.57. The summed E-state index contributed by atoms with van der Waals surface area (Å²) in [5, 5.41) is 4.15. The average Bonchev–Trinajstić information content (AvgIpc) is 3.26. The maximum Gasteiger partial charge on any atom is 0.312 e. The van der Waals surface area contributed by atoms with E-state index >= 15 is 0 Å². The fraction of sp³-hybridized carbons (Fsp3) is 0.500. The second-order valence-electron chi connectivity index (χ2n) is 10.3. The predicted octanol–water partition coefficient (Wildman–Crippen LogP) is 5.34. The molecule has 1 unspecified atom stereocenters. The summed E-state index contributed by atoms with van der Waals surface area (Å²) in [5.41, 5.74) is 8.12. The Balaban J connectivity index is 0.000000362. The second-order valence-corrected chi connectivity index (χ2v) is 11.1. The van der Waals surface area contributed by atoms with Gasteiger partial charge in [-0.25, -0.2) is 4.79 Å². The number of amides is 2. The Kier molecular flexibility index (Phi) is 7.54. The van der Waals surface area contributed by atoms with Gasteiger partial charge in [-0.05, 0) is 85.4 Å². The van der Waals surface area contributed by atoms with E-state index < -0.39 is 6.03 Å². The smallest absolute Gasteiger partial charge is 0.312 e. The van der Waals surface area contributed by atoms with E-state index in [0.717, 1.165) is 32.1 Å². The molecule has 2 heterocycles. The Bertz CT molecular complexity index is 1110. The van der Waals surface area contributed by atoms with Gasteiger partial charge in [0.15, 0.2) is 0 Å². The molecule has 3 aliphatic carbocycles. The van der Waals surface area contributed by atoms with Crippen LogP contribution < -0.4 is 16.0 Å². The van der Waals surface area contributed by atoms with Crippen LogP contribution >= 0.6 is 11.5 Å². The van der Waals surface area contributed by atoms with E-state index in [1.807, 2.05) is 0 Å². The molecule has 4 aliphatic rings. The molecule has 35 heavy (non-hydrogen) atoms. The molecule has 1 aromatic carbocycles. The molecule has 2 amide bonds. The standard InChI is InChI=1S/C22H33N5OS.C6H4/c1-16(24-22(23)28)18-8-6-17(7-9-18)10-11-26-12-14-27(15-13-26)21-19-4-2-3-5-20(19)29-25-21;1-2-5-4-6(5)3-1/h2-5,16-18H,6-15H2,1H3,(H3,23,24,28);1-4H. The molecular weight excluding hydrogens is 454 g/mol. The van der Waals surface area contributed by atoms with Crippen molar-refractivity contribution in [3.05, 3.63) is 48.5 Å². The summed E-state index contributed by atoms with van der Waals surface area (Å²) in [7, 11) is 0. The van der Waals surface area contributed by atoms with Crippen LogP contribution in [0.5, 0.6) is 0 Å². The fourth-order valence-electron chi connectivity index (χ4n) is 5.64. The zero-order valence-electron chi connectivity index (χ0n) is 20.7. The number of benzene rings is 2. The molecule has 2 aromatic rings. The molecule has 6 nitrogen and oxygen atoms in total. The number of fused-ring (bicyclic) bond motifs is 2. The highest BCUT2D eigenvalue weighted by molar-refractivity contribution is 7.13. The normalized spacial score (nSPS) is 22.3. The number of nitrogens with one attached hydrogen (secondary N) is 1. The van der Waals surface area contributed by atoms with E-state index in [1.54, 1.807) is 11.5 Å². The molecular formula is C28H37N5OS. The summed E-state index contributed by atoms with van der Waals surface area (Å²) in [4.78, 5) is 16.1. The van der Waals surface area contributed by atoms with Crippen LogP contribution in [0.2, 0.25) is 0 Å². The quantitative estimate of drug-likeness (QED) is 0.382. The van der Waals surface area contributed by atoms with Crippen LogP contribution in [0.15, 0.2) is 48.5 Å². The number of hydrogen-bond donors (Lipinski definition) is 2. The SMILES string of the molecule is CC(NC(N)=O)C1CCC(CCN2CCN(c3nsc4ccccc34)CC2)CC1.c1cc2cc-2c1. The number of nitrogens with zero attached hydrogens (tertiary/aromatic N) is 3. The lowest BCUT2D eigenvalue weighted by Gasteiger charge is -2.37. The van der Waals surface area contributed by atoms with Gasteiger partial charge in [0, 0.05) is 37.6 Å². The van der Waals surface area contributed by atoms with Gasteiger partial charge in [-0.2, -0.15) is 4.37 Å². The van der Waals surface area contributed by atoms with Gasteiger partial charge in [-0.3, -0.25) is 4.90 Å². The molecule has 0 bridgehead atoms. The number of piperazine rings is 1. The van der Waals surface area contributed by atoms with Crippen molar-refractivity contribution in [3.63, 3.8) is 0 Å². The van der Waals surface area contributed by atoms with Crippen molar-refractivity contribution < 1.29 is 4.79 Å². The van der Waals surface area contributed by atoms with Gasteiger partial charge in [-0.1, -0.05) is 43.2 Å². The van der Waals surface area contributed by atoms with Crippen molar-refractivity contribution in [1.29, 1.82) is 0 Å². The topological polar surface area (TPSA) is 74.5 Å². The Morgan fingerprint density at radius 2 is 1.77 bits per heavy atom. The van der Waals surface area contributed by atoms with Gasteiger partial charge in [0.2, 0.25) is 0 Å². The van der Waals surface area contributed by atoms with E-state index in [1.165, 1.54) is 65.7 Å². The van der Waals surface area contributed by atoms with Crippen molar-refractivity contribution in [3.8, 4) is 11.1 Å². The number of rotatable bonds is 6. The van der Waals surface area contributed by atoms with Gasteiger partial charge in [0.25, 0.3) is 0 Å². The number of urea groups is 1. The van der Waals surface area contributed by atoms with Crippen LogP contribution in [-0.2, 0) is 0 Å². The first kappa shape index (κ1) is 24.1. The molecule has 1 atom stereocenters. The van der Waals surface area contributed by atoms with E-state index in [4.69, 9.17) is 10.1 Å². The van der Waals surface area contributed by atoms with Crippen molar-refractivity contribution in [2.45, 2.75) is 45.1 Å². The van der Waals surface area contributed by atoms with Gasteiger partial charge in [0.1, 0.15) is 5.82 Å². The highest BCUT2D eigenvalue weighted by atomic mass is 32.1. The first-order valence-electron chi connectivity index (χ1n) is 13.0. The summed E-state index contributed by atoms with van der Waals surface area (Å²) >= 11 is 1.61. The van der Waals surface area contributed by atoms with Crippen LogP contribution in [-0.4, -0.2) is 54.1 Å². The number of anilines is 1. The first-order chi connectivity index (χ1) is 17.1. The summed E-state index contributed by atoms with van der Waals surface area (Å²) < 4.78 is 6.00. The van der Waals surface area contributed by atoms with Crippen molar-refractivity contribution in [2.75, 3.05) is 37.6 Å². The highest BCUT2D eigenvalue weighted by Gasteiger charge is 2.27. The monoisotopic (exact) mass is 491 g/mol. The lowest BCUT2D eigenvalue weighted by atomic mass is 9.77. The molecule has 1 aliphatic heterocycles. The zero-order valence-corrected chi connectivity index (χ0v) is 21.5. The van der Waals surface area contributed by atoms with Crippen LogP contribution in [0, 0.1) is 11.8 Å². The maximum absolute atomic E-state index is 11.1. The number of hydrogen-bond acceptors (Lipinski definition) is 5. The fourth-order valence-corrected chi connectivity index (χ4v) is 6.44. The third-order valence-corrected chi connectivity index (χ3v) is 8.78. The molecule has 3 N–H and O–H groups in total. The third kappa shape index (κ3) is 6.14.